The van der Waals surface area contributed by atoms with Gasteiger partial charge in [0.15, 0.2) is 0 Å². The monoisotopic (exact) mass is 377 g/mol. The molecule has 0 fully saturated rings. The second-order valence-electron chi connectivity index (χ2n) is 6.97. The highest BCUT2D eigenvalue weighted by atomic mass is 16.5. The lowest BCUT2D eigenvalue weighted by atomic mass is 9.95. The van der Waals surface area contributed by atoms with E-state index in [0.29, 0.717) is 18.7 Å². The van der Waals surface area contributed by atoms with Gasteiger partial charge in [-0.1, -0.05) is 36.4 Å². The first kappa shape index (κ1) is 18.3. The minimum atomic E-state index is -0.298. The molecule has 0 saturated carbocycles. The van der Waals surface area contributed by atoms with Crippen molar-refractivity contribution in [1.29, 1.82) is 0 Å². The summed E-state index contributed by atoms with van der Waals surface area (Å²) in [6.45, 7) is 2.87. The minimum absolute atomic E-state index is 0.000835. The molecule has 3 aromatic rings. The van der Waals surface area contributed by atoms with Gasteiger partial charge in [0, 0.05) is 41.4 Å². The Balaban J connectivity index is 1.76. The van der Waals surface area contributed by atoms with Crippen molar-refractivity contribution in [1.82, 2.24) is 15.2 Å². The number of nitrogens with zero attached hydrogens (tertiary/aromatic N) is 1. The van der Waals surface area contributed by atoms with E-state index in [2.05, 4.69) is 16.4 Å². The number of ether oxygens (including phenoxy) is 1. The first-order chi connectivity index (χ1) is 13.6. The summed E-state index contributed by atoms with van der Waals surface area (Å²) in [7, 11) is 1.59. The molecule has 0 bridgehead atoms. The molecule has 1 aliphatic heterocycles. The molecule has 6 heteroatoms. The van der Waals surface area contributed by atoms with Crippen LogP contribution in [0.2, 0.25) is 0 Å². The largest absolute Gasteiger partial charge is 0.383 e. The van der Waals surface area contributed by atoms with Gasteiger partial charge in [0.1, 0.15) is 6.54 Å². The van der Waals surface area contributed by atoms with Crippen molar-refractivity contribution in [2.45, 2.75) is 13.0 Å². The number of carbonyl (C=O) groups is 2. The molecule has 2 N–H and O–H groups in total. The van der Waals surface area contributed by atoms with Gasteiger partial charge >= 0.3 is 0 Å². The van der Waals surface area contributed by atoms with Crippen LogP contribution in [0.25, 0.3) is 10.9 Å². The second-order valence-corrected chi connectivity index (χ2v) is 6.97. The van der Waals surface area contributed by atoms with E-state index < -0.39 is 0 Å². The number of para-hydroxylation sites is 1. The number of hydrogen-bond acceptors (Lipinski definition) is 3. The van der Waals surface area contributed by atoms with Gasteiger partial charge in [-0.2, -0.15) is 0 Å². The van der Waals surface area contributed by atoms with E-state index in [1.807, 2.05) is 49.4 Å². The lowest BCUT2D eigenvalue weighted by Crippen LogP contribution is -2.40. The number of aromatic amines is 1. The van der Waals surface area contributed by atoms with Gasteiger partial charge in [0.05, 0.1) is 12.6 Å². The van der Waals surface area contributed by atoms with Gasteiger partial charge in [0.2, 0.25) is 5.91 Å². The smallest absolute Gasteiger partial charge is 0.255 e. The van der Waals surface area contributed by atoms with E-state index in [-0.39, 0.29) is 24.4 Å². The summed E-state index contributed by atoms with van der Waals surface area (Å²) in [6, 6.07) is 15.4. The van der Waals surface area contributed by atoms with Crippen molar-refractivity contribution >= 4 is 22.7 Å². The second kappa shape index (κ2) is 7.48. The van der Waals surface area contributed by atoms with Crippen molar-refractivity contribution in [2.24, 2.45) is 0 Å². The number of aromatic nitrogens is 1. The lowest BCUT2D eigenvalue weighted by molar-refractivity contribution is -0.122. The predicted octanol–water partition coefficient (Wildman–Crippen LogP) is 2.78. The zero-order valence-corrected chi connectivity index (χ0v) is 16.0. The Hall–Kier alpha value is -3.12. The molecule has 1 atom stereocenters. The molecule has 2 heterocycles. The molecule has 6 nitrogen and oxygen atoms in total. The van der Waals surface area contributed by atoms with E-state index >= 15 is 0 Å². The summed E-state index contributed by atoms with van der Waals surface area (Å²) in [5, 5.41) is 3.88. The Bertz CT molecular complexity index is 1040. The average molecular weight is 377 g/mol. The molecule has 4 rings (SSSR count). The molecule has 2 aromatic carbocycles. The van der Waals surface area contributed by atoms with Crippen molar-refractivity contribution in [3.63, 3.8) is 0 Å². The molecule has 1 aromatic heterocycles. The number of hydrogen-bond donors (Lipinski definition) is 2. The highest BCUT2D eigenvalue weighted by Crippen LogP contribution is 2.42. The molecule has 144 valence electrons. The van der Waals surface area contributed by atoms with Gasteiger partial charge in [0.25, 0.3) is 5.91 Å². The van der Waals surface area contributed by atoms with Crippen LogP contribution in [0.5, 0.6) is 0 Å². The maximum Gasteiger partial charge on any atom is 0.255 e. The Labute approximate surface area is 163 Å². The number of amides is 2. The third-order valence-electron chi connectivity index (χ3n) is 5.22. The number of H-pyrrole nitrogens is 1. The molecule has 0 aliphatic carbocycles. The molecule has 0 spiro atoms. The highest BCUT2D eigenvalue weighted by Gasteiger charge is 2.40. The number of benzene rings is 2. The maximum absolute atomic E-state index is 13.1. The molecule has 1 unspecified atom stereocenters. The first-order valence-corrected chi connectivity index (χ1v) is 9.34. The van der Waals surface area contributed by atoms with Gasteiger partial charge < -0.3 is 19.9 Å². The standard InChI is InChI=1S/C22H23N3O3/c1-14-20(17-9-5-6-10-18(17)24-14)21-15-7-3-4-8-16(15)22(27)25(21)13-19(26)23-11-12-28-2/h3-10,21,24H,11-13H2,1-2H3,(H,23,26). The Morgan fingerprint density at radius 2 is 1.93 bits per heavy atom. The maximum atomic E-state index is 13.1. The fourth-order valence-corrected chi connectivity index (χ4v) is 4.00. The molecule has 0 radical (unpaired) electrons. The van der Waals surface area contributed by atoms with Crippen LogP contribution in [0.15, 0.2) is 48.5 Å². The number of carbonyl (C=O) groups excluding carboxylic acids is 2. The first-order valence-electron chi connectivity index (χ1n) is 9.34. The third kappa shape index (κ3) is 3.05. The summed E-state index contributed by atoms with van der Waals surface area (Å²) < 4.78 is 4.98. The number of aryl methyl sites for hydroxylation is 1. The topological polar surface area (TPSA) is 74.4 Å². The molecular weight excluding hydrogens is 354 g/mol. The summed E-state index contributed by atoms with van der Waals surface area (Å²) in [6.07, 6.45) is 0. The van der Waals surface area contributed by atoms with Crippen LogP contribution in [0.1, 0.15) is 33.2 Å². The summed E-state index contributed by atoms with van der Waals surface area (Å²) in [5.74, 6) is -0.312. The fraction of sp³-hybridized carbons (Fsp3) is 0.273. The normalized spacial score (nSPS) is 15.9. The van der Waals surface area contributed by atoms with Gasteiger partial charge in [-0.3, -0.25) is 9.59 Å². The van der Waals surface area contributed by atoms with Crippen molar-refractivity contribution < 1.29 is 14.3 Å². The number of nitrogens with one attached hydrogen (secondary N) is 2. The van der Waals surface area contributed by atoms with Crippen molar-refractivity contribution in [2.75, 3.05) is 26.8 Å². The van der Waals surface area contributed by atoms with Gasteiger partial charge in [-0.25, -0.2) is 0 Å². The molecular formula is C22H23N3O3. The van der Waals surface area contributed by atoms with Gasteiger partial charge in [-0.05, 0) is 24.6 Å². The van der Waals surface area contributed by atoms with Crippen LogP contribution in [-0.4, -0.2) is 48.5 Å². The highest BCUT2D eigenvalue weighted by molar-refractivity contribution is 6.02. The molecule has 2 amide bonds. The van der Waals surface area contributed by atoms with Crippen LogP contribution in [-0.2, 0) is 9.53 Å². The van der Waals surface area contributed by atoms with Crippen LogP contribution in [0.4, 0.5) is 0 Å². The van der Waals surface area contributed by atoms with Crippen LogP contribution >= 0.6 is 0 Å². The quantitative estimate of drug-likeness (QED) is 0.649. The zero-order valence-electron chi connectivity index (χ0n) is 16.0. The number of methoxy groups -OCH3 is 1. The lowest BCUT2D eigenvalue weighted by Gasteiger charge is -2.25. The Morgan fingerprint density at radius 3 is 2.75 bits per heavy atom. The van der Waals surface area contributed by atoms with E-state index in [1.165, 1.54) is 0 Å². The molecule has 0 saturated heterocycles. The summed E-state index contributed by atoms with van der Waals surface area (Å²) in [4.78, 5) is 30.7. The van der Waals surface area contributed by atoms with E-state index in [1.54, 1.807) is 12.0 Å². The van der Waals surface area contributed by atoms with Crippen molar-refractivity contribution in [3.8, 4) is 0 Å². The van der Waals surface area contributed by atoms with E-state index in [9.17, 15) is 9.59 Å². The van der Waals surface area contributed by atoms with E-state index in [0.717, 1.165) is 27.7 Å². The summed E-state index contributed by atoms with van der Waals surface area (Å²) in [5.41, 5.74) is 4.65. The van der Waals surface area contributed by atoms with Crippen molar-refractivity contribution in [3.05, 3.63) is 70.9 Å². The van der Waals surface area contributed by atoms with E-state index in [4.69, 9.17) is 4.74 Å². The average Bonchev–Trinajstić information content (AvgIpc) is 3.16. The van der Waals surface area contributed by atoms with Crippen LogP contribution in [0, 0.1) is 6.92 Å². The summed E-state index contributed by atoms with van der Waals surface area (Å²) >= 11 is 0. The molecule has 1 aliphatic rings. The number of rotatable bonds is 6. The Morgan fingerprint density at radius 1 is 1.18 bits per heavy atom. The zero-order chi connectivity index (χ0) is 19.7. The Kier molecular flexibility index (Phi) is 4.88. The van der Waals surface area contributed by atoms with Crippen LogP contribution < -0.4 is 5.32 Å². The third-order valence-corrected chi connectivity index (χ3v) is 5.22. The molecule has 28 heavy (non-hydrogen) atoms. The fourth-order valence-electron chi connectivity index (χ4n) is 4.00. The van der Waals surface area contributed by atoms with Gasteiger partial charge in [-0.15, -0.1) is 0 Å². The minimum Gasteiger partial charge on any atom is -0.383 e. The SMILES string of the molecule is COCCNC(=O)CN1C(=O)c2ccccc2C1c1c(C)[nH]c2ccccc12. The number of fused-ring (bicyclic) bond motifs is 2. The predicted molar refractivity (Wildman–Crippen MR) is 107 cm³/mol. The van der Waals surface area contributed by atoms with Crippen LogP contribution in [0.3, 0.4) is 0 Å².